The van der Waals surface area contributed by atoms with Gasteiger partial charge in [0.1, 0.15) is 5.76 Å². The molecule has 0 amide bonds. The van der Waals surface area contributed by atoms with Crippen LogP contribution < -0.4 is 0 Å². The minimum Gasteiger partial charge on any atom is -0.468 e. The third-order valence-electron chi connectivity index (χ3n) is 4.96. The Hall–Kier alpha value is -1.77. The van der Waals surface area contributed by atoms with Gasteiger partial charge in [-0.15, -0.1) is 0 Å². The Morgan fingerprint density at radius 3 is 2.72 bits per heavy atom. The Balaban J connectivity index is 1.53. The van der Waals surface area contributed by atoms with Gasteiger partial charge in [0, 0.05) is 38.2 Å². The Bertz CT molecular complexity index is 686. The van der Waals surface area contributed by atoms with E-state index in [2.05, 4.69) is 54.6 Å². The lowest BCUT2D eigenvalue weighted by atomic mass is 9.75. The molecule has 2 heterocycles. The fraction of sp³-hybridized carbons (Fsp3) is 0.650. The lowest BCUT2D eigenvalue weighted by Gasteiger charge is -2.30. The molecule has 0 aromatic carbocycles. The standard InChI is InChI=1S/C20H29N3O2/c1-16-15-24-18-14-20(2,3)13-17(19(16)18)21-25-12-6-5-7-23-10-8-22(4)9-11-23/h15H,7-14H2,1-4H3/b21-17+. The third-order valence-corrected chi connectivity index (χ3v) is 4.96. The molecule has 0 radical (unpaired) electrons. The largest absolute Gasteiger partial charge is 0.468 e. The van der Waals surface area contributed by atoms with Crippen molar-refractivity contribution in [3.8, 4) is 11.8 Å². The molecule has 1 aliphatic heterocycles. The molecule has 1 aromatic rings. The first kappa shape index (κ1) is 18.0. The summed E-state index contributed by atoms with van der Waals surface area (Å²) in [5.41, 5.74) is 3.39. The van der Waals surface area contributed by atoms with Crippen LogP contribution in [0.2, 0.25) is 0 Å². The predicted octanol–water partition coefficient (Wildman–Crippen LogP) is 2.53. The predicted molar refractivity (Wildman–Crippen MR) is 99.7 cm³/mol. The first-order valence-corrected chi connectivity index (χ1v) is 9.07. The number of furan rings is 1. The van der Waals surface area contributed by atoms with Gasteiger partial charge in [-0.25, -0.2) is 0 Å². The van der Waals surface area contributed by atoms with Gasteiger partial charge in [0.2, 0.25) is 0 Å². The summed E-state index contributed by atoms with van der Waals surface area (Å²) in [5, 5.41) is 4.38. The molecule has 0 bridgehead atoms. The van der Waals surface area contributed by atoms with Gasteiger partial charge in [0.05, 0.1) is 18.5 Å². The monoisotopic (exact) mass is 343 g/mol. The van der Waals surface area contributed by atoms with Crippen molar-refractivity contribution in [1.82, 2.24) is 9.80 Å². The fourth-order valence-electron chi connectivity index (χ4n) is 3.50. The molecule has 0 spiro atoms. The van der Waals surface area contributed by atoms with Crippen LogP contribution in [-0.2, 0) is 11.3 Å². The van der Waals surface area contributed by atoms with Crippen molar-refractivity contribution in [2.24, 2.45) is 10.6 Å². The van der Waals surface area contributed by atoms with E-state index in [4.69, 9.17) is 9.25 Å². The Kier molecular flexibility index (Phi) is 5.51. The highest BCUT2D eigenvalue weighted by atomic mass is 16.6. The van der Waals surface area contributed by atoms with Crippen LogP contribution in [0.25, 0.3) is 0 Å². The second kappa shape index (κ2) is 7.63. The number of hydrogen-bond acceptors (Lipinski definition) is 5. The number of likely N-dealkylation sites (N-methyl/N-ethyl adjacent to an activating group) is 1. The molecule has 136 valence electrons. The molecule has 0 atom stereocenters. The molecule has 0 N–H and O–H groups in total. The molecule has 0 saturated carbocycles. The number of nitrogens with zero attached hydrogens (tertiary/aromatic N) is 3. The maximum absolute atomic E-state index is 5.70. The van der Waals surface area contributed by atoms with E-state index in [1.165, 1.54) is 0 Å². The van der Waals surface area contributed by atoms with Gasteiger partial charge in [-0.3, -0.25) is 4.90 Å². The van der Waals surface area contributed by atoms with Crippen molar-refractivity contribution in [1.29, 1.82) is 0 Å². The first-order chi connectivity index (χ1) is 11.9. The summed E-state index contributed by atoms with van der Waals surface area (Å²) in [4.78, 5) is 10.2. The second-order valence-electron chi connectivity index (χ2n) is 7.98. The van der Waals surface area contributed by atoms with E-state index < -0.39 is 0 Å². The van der Waals surface area contributed by atoms with Crippen LogP contribution in [0.1, 0.15) is 37.2 Å². The maximum atomic E-state index is 5.70. The molecule has 1 fully saturated rings. The Morgan fingerprint density at radius 1 is 1.20 bits per heavy atom. The number of aryl methyl sites for hydroxylation is 1. The third kappa shape index (κ3) is 4.65. The van der Waals surface area contributed by atoms with E-state index in [0.29, 0.717) is 6.61 Å². The van der Waals surface area contributed by atoms with E-state index in [1.54, 1.807) is 0 Å². The van der Waals surface area contributed by atoms with Crippen molar-refractivity contribution in [3.05, 3.63) is 23.2 Å². The first-order valence-electron chi connectivity index (χ1n) is 9.07. The summed E-state index contributed by atoms with van der Waals surface area (Å²) >= 11 is 0. The highest BCUT2D eigenvalue weighted by Crippen LogP contribution is 2.37. The van der Waals surface area contributed by atoms with Crippen molar-refractivity contribution in [2.45, 2.75) is 33.6 Å². The van der Waals surface area contributed by atoms with Crippen LogP contribution in [-0.4, -0.2) is 61.9 Å². The quantitative estimate of drug-likeness (QED) is 0.480. The summed E-state index contributed by atoms with van der Waals surface area (Å²) in [5.74, 6) is 7.30. The van der Waals surface area contributed by atoms with Crippen LogP contribution in [0.5, 0.6) is 0 Å². The zero-order chi connectivity index (χ0) is 17.9. The summed E-state index contributed by atoms with van der Waals surface area (Å²) in [6.45, 7) is 12.1. The molecular weight excluding hydrogens is 314 g/mol. The summed E-state index contributed by atoms with van der Waals surface area (Å²) < 4.78 is 5.70. The highest BCUT2D eigenvalue weighted by molar-refractivity contribution is 6.03. The van der Waals surface area contributed by atoms with E-state index in [1.807, 2.05) is 6.26 Å². The summed E-state index contributed by atoms with van der Waals surface area (Å²) in [6.07, 6.45) is 3.66. The molecular formula is C20H29N3O2. The minimum absolute atomic E-state index is 0.145. The van der Waals surface area contributed by atoms with Crippen LogP contribution in [0, 0.1) is 24.2 Å². The molecule has 5 heteroatoms. The maximum Gasteiger partial charge on any atom is 0.177 e. The number of piperazine rings is 1. The zero-order valence-electron chi connectivity index (χ0n) is 15.9. The minimum atomic E-state index is 0.145. The summed E-state index contributed by atoms with van der Waals surface area (Å²) in [6, 6.07) is 0. The Labute approximate surface area is 151 Å². The van der Waals surface area contributed by atoms with Crippen LogP contribution in [0.15, 0.2) is 15.8 Å². The lowest BCUT2D eigenvalue weighted by Crippen LogP contribution is -2.44. The van der Waals surface area contributed by atoms with Crippen LogP contribution in [0.4, 0.5) is 0 Å². The zero-order valence-corrected chi connectivity index (χ0v) is 15.9. The van der Waals surface area contributed by atoms with Crippen molar-refractivity contribution < 1.29 is 9.25 Å². The van der Waals surface area contributed by atoms with Crippen molar-refractivity contribution in [2.75, 3.05) is 46.4 Å². The van der Waals surface area contributed by atoms with Gasteiger partial charge in [0.25, 0.3) is 0 Å². The number of rotatable bonds is 3. The van der Waals surface area contributed by atoms with E-state index in [-0.39, 0.29) is 5.41 Å². The molecule has 1 aliphatic carbocycles. The number of hydrogen-bond donors (Lipinski definition) is 0. The smallest absolute Gasteiger partial charge is 0.177 e. The second-order valence-corrected chi connectivity index (χ2v) is 7.98. The van der Waals surface area contributed by atoms with E-state index in [9.17, 15) is 0 Å². The highest BCUT2D eigenvalue weighted by Gasteiger charge is 2.33. The van der Waals surface area contributed by atoms with Gasteiger partial charge >= 0.3 is 0 Å². The van der Waals surface area contributed by atoms with Crippen molar-refractivity contribution >= 4 is 5.71 Å². The van der Waals surface area contributed by atoms with Gasteiger partial charge in [-0.05, 0) is 31.4 Å². The normalized spacial score (nSPS) is 22.3. The average molecular weight is 343 g/mol. The number of fused-ring (bicyclic) bond motifs is 1. The molecule has 5 nitrogen and oxygen atoms in total. The SMILES string of the molecule is Cc1coc2c1/C(=N/OCC#CCN1CCN(C)CC1)CC(C)(C)C2. The van der Waals surface area contributed by atoms with Crippen molar-refractivity contribution in [3.63, 3.8) is 0 Å². The Morgan fingerprint density at radius 2 is 1.96 bits per heavy atom. The van der Waals surface area contributed by atoms with E-state index >= 15 is 0 Å². The number of oxime groups is 1. The van der Waals surface area contributed by atoms with Gasteiger partial charge in [-0.2, -0.15) is 0 Å². The molecule has 25 heavy (non-hydrogen) atoms. The molecule has 1 aromatic heterocycles. The summed E-state index contributed by atoms with van der Waals surface area (Å²) in [7, 11) is 2.16. The average Bonchev–Trinajstić information content (AvgIpc) is 2.92. The topological polar surface area (TPSA) is 41.2 Å². The molecule has 1 saturated heterocycles. The van der Waals surface area contributed by atoms with Gasteiger partial charge in [-0.1, -0.05) is 30.8 Å². The van der Waals surface area contributed by atoms with Crippen LogP contribution >= 0.6 is 0 Å². The van der Waals surface area contributed by atoms with Gasteiger partial charge in [0.15, 0.2) is 6.61 Å². The van der Waals surface area contributed by atoms with Gasteiger partial charge < -0.3 is 14.2 Å². The fourth-order valence-corrected chi connectivity index (χ4v) is 3.50. The molecule has 3 rings (SSSR count). The lowest BCUT2D eigenvalue weighted by molar-refractivity contribution is 0.167. The van der Waals surface area contributed by atoms with E-state index in [0.717, 1.165) is 68.2 Å². The molecule has 0 unspecified atom stereocenters. The van der Waals surface area contributed by atoms with Crippen LogP contribution in [0.3, 0.4) is 0 Å². The molecule has 2 aliphatic rings.